The van der Waals surface area contributed by atoms with Gasteiger partial charge in [0.15, 0.2) is 5.84 Å². The van der Waals surface area contributed by atoms with E-state index in [4.69, 9.17) is 10.9 Å². The maximum absolute atomic E-state index is 8.35. The van der Waals surface area contributed by atoms with E-state index in [1.165, 1.54) is 0 Å². The molecular weight excluding hydrogens is 361 g/mol. The predicted octanol–water partition coefficient (Wildman–Crippen LogP) is 2.21. The molecule has 0 aliphatic carbocycles. The Morgan fingerprint density at radius 2 is 2.36 bits per heavy atom. The minimum absolute atomic E-state index is 0.149. The molecule has 14 heavy (non-hydrogen) atoms. The Morgan fingerprint density at radius 1 is 1.64 bits per heavy atom. The molecule has 0 aliphatic rings. The van der Waals surface area contributed by atoms with Crippen LogP contribution in [0.25, 0.3) is 0 Å². The summed E-state index contributed by atoms with van der Waals surface area (Å²) in [6, 6.07) is 5.89. The highest BCUT2D eigenvalue weighted by Crippen LogP contribution is 2.23. The van der Waals surface area contributed by atoms with Crippen LogP contribution < -0.4 is 11.1 Å². The van der Waals surface area contributed by atoms with E-state index in [9.17, 15) is 0 Å². The maximum Gasteiger partial charge on any atom is 0.158 e. The van der Waals surface area contributed by atoms with Gasteiger partial charge in [0.05, 0.1) is 6.54 Å². The van der Waals surface area contributed by atoms with Crippen LogP contribution in [0.1, 0.15) is 0 Å². The number of hydrogen-bond acceptors (Lipinski definition) is 3. The molecule has 1 aromatic carbocycles. The molecule has 0 aromatic heterocycles. The summed E-state index contributed by atoms with van der Waals surface area (Å²) in [7, 11) is 0. The number of halogens is 2. The van der Waals surface area contributed by atoms with Gasteiger partial charge in [0.2, 0.25) is 0 Å². The molecule has 0 fully saturated rings. The average Bonchev–Trinajstić information content (AvgIpc) is 2.19. The molecule has 0 bridgehead atoms. The van der Waals surface area contributed by atoms with Gasteiger partial charge < -0.3 is 16.3 Å². The van der Waals surface area contributed by atoms with E-state index in [0.29, 0.717) is 6.54 Å². The molecule has 76 valence electrons. The molecule has 0 amide bonds. The molecule has 4 nitrogen and oxygen atoms in total. The van der Waals surface area contributed by atoms with Gasteiger partial charge >= 0.3 is 0 Å². The highest BCUT2D eigenvalue weighted by atomic mass is 127. The normalized spacial score (nSPS) is 11.4. The summed E-state index contributed by atoms with van der Waals surface area (Å²) in [4.78, 5) is 0. The molecule has 0 saturated carbocycles. The molecule has 0 unspecified atom stereocenters. The lowest BCUT2D eigenvalue weighted by Gasteiger charge is -2.07. The molecule has 4 N–H and O–H groups in total. The van der Waals surface area contributed by atoms with Gasteiger partial charge in [-0.25, -0.2) is 0 Å². The smallest absolute Gasteiger partial charge is 0.158 e. The summed E-state index contributed by atoms with van der Waals surface area (Å²) >= 11 is 5.61. The summed E-state index contributed by atoms with van der Waals surface area (Å²) in [5.41, 5.74) is 6.25. The van der Waals surface area contributed by atoms with Crippen LogP contribution in [0.3, 0.4) is 0 Å². The number of amidine groups is 1. The van der Waals surface area contributed by atoms with Gasteiger partial charge in [0.25, 0.3) is 0 Å². The van der Waals surface area contributed by atoms with Crippen molar-refractivity contribution in [2.75, 3.05) is 11.9 Å². The molecule has 0 radical (unpaired) electrons. The van der Waals surface area contributed by atoms with Gasteiger partial charge in [-0.15, -0.1) is 0 Å². The highest BCUT2D eigenvalue weighted by Gasteiger charge is 2.00. The minimum Gasteiger partial charge on any atom is -0.409 e. The monoisotopic (exact) mass is 369 g/mol. The second-order valence-electron chi connectivity index (χ2n) is 2.57. The van der Waals surface area contributed by atoms with Gasteiger partial charge in [0.1, 0.15) is 0 Å². The molecule has 0 saturated heterocycles. The average molecular weight is 370 g/mol. The van der Waals surface area contributed by atoms with Crippen molar-refractivity contribution in [3.05, 3.63) is 26.2 Å². The highest BCUT2D eigenvalue weighted by molar-refractivity contribution is 14.1. The summed E-state index contributed by atoms with van der Waals surface area (Å²) in [6.07, 6.45) is 0. The third-order valence-electron chi connectivity index (χ3n) is 1.52. The SMILES string of the molecule is N/C(CNc1cc(I)ccc1Br)=N/O. The standard InChI is InChI=1S/C8H9BrIN3O/c9-6-2-1-5(10)3-7(6)12-4-8(11)13-14/h1-3,12,14H,4H2,(H2,11,13). The lowest BCUT2D eigenvalue weighted by atomic mass is 10.3. The quantitative estimate of drug-likeness (QED) is 0.251. The molecular formula is C8H9BrIN3O. The van der Waals surface area contributed by atoms with Crippen LogP contribution in [0.4, 0.5) is 5.69 Å². The van der Waals surface area contributed by atoms with Crippen molar-refractivity contribution >= 4 is 50.0 Å². The van der Waals surface area contributed by atoms with Crippen LogP contribution in [-0.2, 0) is 0 Å². The Bertz CT molecular complexity index is 356. The Labute approximate surface area is 104 Å². The number of oxime groups is 1. The Balaban J connectivity index is 2.71. The molecule has 6 heteroatoms. The van der Waals surface area contributed by atoms with E-state index in [1.54, 1.807) is 0 Å². The van der Waals surface area contributed by atoms with Crippen LogP contribution >= 0.6 is 38.5 Å². The first-order chi connectivity index (χ1) is 6.63. The zero-order valence-corrected chi connectivity index (χ0v) is 10.9. The number of nitrogens with zero attached hydrogens (tertiary/aromatic N) is 1. The molecule has 1 aromatic rings. The molecule has 1 rings (SSSR count). The summed E-state index contributed by atoms with van der Waals surface area (Å²) in [5, 5.41) is 14.3. The largest absolute Gasteiger partial charge is 0.409 e. The Kier molecular flexibility index (Phi) is 4.46. The first kappa shape index (κ1) is 11.6. The lowest BCUT2D eigenvalue weighted by molar-refractivity contribution is 0.317. The second-order valence-corrected chi connectivity index (χ2v) is 4.67. The van der Waals surface area contributed by atoms with Crippen LogP contribution in [0.5, 0.6) is 0 Å². The summed E-state index contributed by atoms with van der Waals surface area (Å²) in [5.74, 6) is 0.149. The van der Waals surface area contributed by atoms with E-state index in [0.717, 1.165) is 13.7 Å². The number of nitrogens with two attached hydrogens (primary N) is 1. The zero-order chi connectivity index (χ0) is 10.6. The third kappa shape index (κ3) is 3.33. The van der Waals surface area contributed by atoms with Crippen molar-refractivity contribution in [2.24, 2.45) is 10.9 Å². The number of hydrogen-bond donors (Lipinski definition) is 3. The van der Waals surface area contributed by atoms with E-state index in [-0.39, 0.29) is 5.84 Å². The van der Waals surface area contributed by atoms with Gasteiger partial charge in [-0.05, 0) is 56.7 Å². The first-order valence-electron chi connectivity index (χ1n) is 3.79. The van der Waals surface area contributed by atoms with Gasteiger partial charge in [-0.1, -0.05) is 5.16 Å². The van der Waals surface area contributed by atoms with E-state index < -0.39 is 0 Å². The Hall–Kier alpha value is -0.500. The molecule has 0 atom stereocenters. The fourth-order valence-electron chi connectivity index (χ4n) is 0.854. The van der Waals surface area contributed by atoms with E-state index in [2.05, 4.69) is 49.0 Å². The van der Waals surface area contributed by atoms with Crippen molar-refractivity contribution in [3.63, 3.8) is 0 Å². The molecule has 0 spiro atoms. The maximum atomic E-state index is 8.35. The van der Waals surface area contributed by atoms with Gasteiger partial charge in [-0.3, -0.25) is 0 Å². The predicted molar refractivity (Wildman–Crippen MR) is 68.8 cm³/mol. The number of anilines is 1. The Morgan fingerprint density at radius 3 is 3.00 bits per heavy atom. The lowest BCUT2D eigenvalue weighted by Crippen LogP contribution is -2.22. The minimum atomic E-state index is 0.149. The van der Waals surface area contributed by atoms with Crippen molar-refractivity contribution < 1.29 is 5.21 Å². The second kappa shape index (κ2) is 5.40. The zero-order valence-electron chi connectivity index (χ0n) is 7.17. The van der Waals surface area contributed by atoms with Crippen LogP contribution in [0.15, 0.2) is 27.8 Å². The van der Waals surface area contributed by atoms with Crippen LogP contribution in [-0.4, -0.2) is 17.6 Å². The van der Waals surface area contributed by atoms with Crippen molar-refractivity contribution in [1.29, 1.82) is 0 Å². The van der Waals surface area contributed by atoms with Crippen molar-refractivity contribution in [1.82, 2.24) is 0 Å². The van der Waals surface area contributed by atoms with Gasteiger partial charge in [0, 0.05) is 13.7 Å². The van der Waals surface area contributed by atoms with E-state index >= 15 is 0 Å². The van der Waals surface area contributed by atoms with Crippen LogP contribution in [0, 0.1) is 3.57 Å². The topological polar surface area (TPSA) is 70.6 Å². The fourth-order valence-corrected chi connectivity index (χ4v) is 1.73. The molecule has 0 heterocycles. The fraction of sp³-hybridized carbons (Fsp3) is 0.125. The number of nitrogens with one attached hydrogen (secondary N) is 1. The van der Waals surface area contributed by atoms with Crippen molar-refractivity contribution in [3.8, 4) is 0 Å². The summed E-state index contributed by atoms with van der Waals surface area (Å²) in [6.45, 7) is 0.315. The molecule has 0 aliphatic heterocycles. The van der Waals surface area contributed by atoms with Crippen molar-refractivity contribution in [2.45, 2.75) is 0 Å². The first-order valence-corrected chi connectivity index (χ1v) is 5.66. The van der Waals surface area contributed by atoms with Crippen LogP contribution in [0.2, 0.25) is 0 Å². The summed E-state index contributed by atoms with van der Waals surface area (Å²) < 4.78 is 2.07. The van der Waals surface area contributed by atoms with E-state index in [1.807, 2.05) is 18.2 Å². The third-order valence-corrected chi connectivity index (χ3v) is 2.88. The number of benzene rings is 1. The van der Waals surface area contributed by atoms with Gasteiger partial charge in [-0.2, -0.15) is 0 Å². The number of rotatable bonds is 3.